The third-order valence-electron chi connectivity index (χ3n) is 5.43. The van der Waals surface area contributed by atoms with Gasteiger partial charge in [0, 0.05) is 12.6 Å². The van der Waals surface area contributed by atoms with Crippen LogP contribution < -0.4 is 5.32 Å². The van der Waals surface area contributed by atoms with Crippen LogP contribution in [0.1, 0.15) is 55.7 Å². The molecule has 0 amide bonds. The molecule has 1 saturated carbocycles. The van der Waals surface area contributed by atoms with Gasteiger partial charge in [-0.25, -0.2) is 4.98 Å². The average molecular weight is 341 g/mol. The normalized spacial score (nSPS) is 16.9. The highest BCUT2D eigenvalue weighted by molar-refractivity contribution is 5.16. The summed E-state index contributed by atoms with van der Waals surface area (Å²) in [6.45, 7) is 5.99. The van der Waals surface area contributed by atoms with Gasteiger partial charge in [-0.05, 0) is 57.6 Å². The smallest absolute Gasteiger partial charge is 0.147 e. The van der Waals surface area contributed by atoms with Crippen LogP contribution in [0.15, 0.2) is 30.3 Å². The van der Waals surface area contributed by atoms with Crippen molar-refractivity contribution >= 4 is 0 Å². The lowest BCUT2D eigenvalue weighted by molar-refractivity contribution is 0.265. The lowest BCUT2D eigenvalue weighted by Gasteiger charge is -2.31. The predicted molar refractivity (Wildman–Crippen MR) is 103 cm³/mol. The van der Waals surface area contributed by atoms with E-state index < -0.39 is 0 Å². The van der Waals surface area contributed by atoms with Crippen molar-refractivity contribution in [2.75, 3.05) is 6.54 Å². The number of benzene rings is 1. The Bertz CT molecular complexity index is 629. The molecule has 1 heterocycles. The van der Waals surface area contributed by atoms with E-state index in [2.05, 4.69) is 45.7 Å². The van der Waals surface area contributed by atoms with Gasteiger partial charge in [0.15, 0.2) is 0 Å². The van der Waals surface area contributed by atoms with Crippen molar-refractivity contribution in [3.8, 4) is 0 Å². The van der Waals surface area contributed by atoms with Crippen LogP contribution in [0.3, 0.4) is 0 Å². The summed E-state index contributed by atoms with van der Waals surface area (Å²) in [4.78, 5) is 4.39. The highest BCUT2D eigenvalue weighted by atomic mass is 15.3. The van der Waals surface area contributed by atoms with E-state index in [-0.39, 0.29) is 0 Å². The summed E-state index contributed by atoms with van der Waals surface area (Å²) in [5.74, 6) is 2.71. The molecule has 3 rings (SSSR count). The van der Waals surface area contributed by atoms with E-state index in [1.807, 2.05) is 18.5 Å². The minimum absolute atomic E-state index is 0.598. The minimum Gasteiger partial charge on any atom is -0.313 e. The molecular weight excluding hydrogens is 308 g/mol. The maximum absolute atomic E-state index is 4.46. The third-order valence-corrected chi connectivity index (χ3v) is 5.43. The minimum atomic E-state index is 0.598. The van der Waals surface area contributed by atoms with E-state index in [1.165, 1.54) is 37.7 Å². The molecule has 1 aliphatic carbocycles. The van der Waals surface area contributed by atoms with E-state index in [1.54, 1.807) is 0 Å². The molecule has 1 aromatic carbocycles. The molecule has 1 aliphatic rings. The fourth-order valence-corrected chi connectivity index (χ4v) is 4.10. The number of nitrogens with one attached hydrogen (secondary N) is 1. The first kappa shape index (κ1) is 18.1. The van der Waals surface area contributed by atoms with Gasteiger partial charge in [0.1, 0.15) is 11.6 Å². The van der Waals surface area contributed by atoms with Crippen molar-refractivity contribution in [1.82, 2.24) is 20.1 Å². The van der Waals surface area contributed by atoms with Crippen LogP contribution >= 0.6 is 0 Å². The summed E-state index contributed by atoms with van der Waals surface area (Å²) in [5, 5.41) is 8.34. The Hall–Kier alpha value is -1.68. The van der Waals surface area contributed by atoms with E-state index >= 15 is 0 Å². The summed E-state index contributed by atoms with van der Waals surface area (Å²) < 4.78 is 2.03. The molecule has 0 spiro atoms. The fourth-order valence-electron chi connectivity index (χ4n) is 4.10. The molecule has 1 aromatic heterocycles. The first-order chi connectivity index (χ1) is 12.2. The second-order valence-electron chi connectivity index (χ2n) is 7.43. The van der Waals surface area contributed by atoms with E-state index in [0.717, 1.165) is 43.5 Å². The van der Waals surface area contributed by atoms with Crippen molar-refractivity contribution in [3.63, 3.8) is 0 Å². The first-order valence-electron chi connectivity index (χ1n) is 9.88. The van der Waals surface area contributed by atoms with Crippen molar-refractivity contribution in [2.24, 2.45) is 5.92 Å². The SMILES string of the molecule is Cc1nc(C)n(CCCNC(Cc2ccccc2)C2CCCCC2)n1. The molecule has 136 valence electrons. The summed E-state index contributed by atoms with van der Waals surface area (Å²) in [7, 11) is 0. The fraction of sp³-hybridized carbons (Fsp3) is 0.619. The Morgan fingerprint density at radius 3 is 2.56 bits per heavy atom. The Kier molecular flexibility index (Phi) is 6.62. The van der Waals surface area contributed by atoms with Crippen molar-refractivity contribution in [3.05, 3.63) is 47.5 Å². The van der Waals surface area contributed by atoms with Crippen LogP contribution in [-0.4, -0.2) is 27.4 Å². The van der Waals surface area contributed by atoms with Crippen LogP contribution in [0.25, 0.3) is 0 Å². The van der Waals surface area contributed by atoms with Crippen LogP contribution in [0.5, 0.6) is 0 Å². The zero-order valence-corrected chi connectivity index (χ0v) is 15.7. The van der Waals surface area contributed by atoms with Crippen LogP contribution in [0, 0.1) is 19.8 Å². The van der Waals surface area contributed by atoms with E-state index in [0.29, 0.717) is 6.04 Å². The highest BCUT2D eigenvalue weighted by Crippen LogP contribution is 2.28. The van der Waals surface area contributed by atoms with Gasteiger partial charge >= 0.3 is 0 Å². The zero-order valence-electron chi connectivity index (χ0n) is 15.7. The molecule has 25 heavy (non-hydrogen) atoms. The largest absolute Gasteiger partial charge is 0.313 e. The second-order valence-corrected chi connectivity index (χ2v) is 7.43. The maximum atomic E-state index is 4.46. The average Bonchev–Trinajstić information content (AvgIpc) is 2.96. The molecule has 0 aliphatic heterocycles. The van der Waals surface area contributed by atoms with Gasteiger partial charge in [-0.15, -0.1) is 0 Å². The number of aryl methyl sites for hydroxylation is 3. The van der Waals surface area contributed by atoms with E-state index in [4.69, 9.17) is 0 Å². The molecule has 1 unspecified atom stereocenters. The lowest BCUT2D eigenvalue weighted by Crippen LogP contribution is -2.39. The van der Waals surface area contributed by atoms with Crippen LogP contribution in [-0.2, 0) is 13.0 Å². The molecule has 0 bridgehead atoms. The standard InChI is InChI=1S/C21H32N4/c1-17-23-18(2)25(24-17)15-9-14-22-21(20-12-7-4-8-13-20)16-19-10-5-3-6-11-19/h3,5-6,10-11,20-22H,4,7-9,12-16H2,1-2H3. The molecular formula is C21H32N4. The number of hydrogen-bond donors (Lipinski definition) is 1. The maximum Gasteiger partial charge on any atom is 0.147 e. The van der Waals surface area contributed by atoms with Gasteiger partial charge < -0.3 is 5.32 Å². The van der Waals surface area contributed by atoms with Gasteiger partial charge in [-0.1, -0.05) is 49.6 Å². The summed E-state index contributed by atoms with van der Waals surface area (Å²) in [6.07, 6.45) is 9.22. The lowest BCUT2D eigenvalue weighted by atomic mass is 9.81. The predicted octanol–water partition coefficient (Wildman–Crippen LogP) is 4.07. The zero-order chi connectivity index (χ0) is 17.5. The molecule has 2 aromatic rings. The molecule has 4 nitrogen and oxygen atoms in total. The van der Waals surface area contributed by atoms with Gasteiger partial charge in [0.25, 0.3) is 0 Å². The molecule has 0 saturated heterocycles. The Balaban J connectivity index is 1.52. The van der Waals surface area contributed by atoms with Crippen molar-refractivity contribution < 1.29 is 0 Å². The topological polar surface area (TPSA) is 42.7 Å². The van der Waals surface area contributed by atoms with Crippen molar-refractivity contribution in [2.45, 2.75) is 71.4 Å². The van der Waals surface area contributed by atoms with E-state index in [9.17, 15) is 0 Å². The number of nitrogens with zero attached hydrogens (tertiary/aromatic N) is 3. The molecule has 0 radical (unpaired) electrons. The molecule has 1 fully saturated rings. The monoisotopic (exact) mass is 340 g/mol. The second kappa shape index (κ2) is 9.14. The molecule has 1 N–H and O–H groups in total. The summed E-state index contributed by atoms with van der Waals surface area (Å²) >= 11 is 0. The van der Waals surface area contributed by atoms with Gasteiger partial charge in [-0.2, -0.15) is 5.10 Å². The summed E-state index contributed by atoms with van der Waals surface area (Å²) in [5.41, 5.74) is 1.45. The van der Waals surface area contributed by atoms with Crippen LogP contribution in [0.4, 0.5) is 0 Å². The van der Waals surface area contributed by atoms with Gasteiger partial charge in [0.2, 0.25) is 0 Å². The van der Waals surface area contributed by atoms with Gasteiger partial charge in [0.05, 0.1) is 0 Å². The first-order valence-corrected chi connectivity index (χ1v) is 9.88. The number of rotatable bonds is 8. The molecule has 4 heteroatoms. The number of hydrogen-bond acceptors (Lipinski definition) is 3. The van der Waals surface area contributed by atoms with Crippen LogP contribution in [0.2, 0.25) is 0 Å². The number of aromatic nitrogens is 3. The molecule has 1 atom stereocenters. The van der Waals surface area contributed by atoms with Gasteiger partial charge in [-0.3, -0.25) is 4.68 Å². The highest BCUT2D eigenvalue weighted by Gasteiger charge is 2.23. The van der Waals surface area contributed by atoms with Crippen molar-refractivity contribution in [1.29, 1.82) is 0 Å². The third kappa shape index (κ3) is 5.40. The Labute approximate surface area is 152 Å². The Morgan fingerprint density at radius 2 is 1.88 bits per heavy atom. The summed E-state index contributed by atoms with van der Waals surface area (Å²) in [6, 6.07) is 11.5. The Morgan fingerprint density at radius 1 is 1.12 bits per heavy atom. The quantitative estimate of drug-likeness (QED) is 0.737.